The zero-order valence-electron chi connectivity index (χ0n) is 18.1. The molecule has 0 aliphatic carbocycles. The third kappa shape index (κ3) is 5.65. The summed E-state index contributed by atoms with van der Waals surface area (Å²) in [7, 11) is -0.511. The molecule has 0 bridgehead atoms. The first-order valence-corrected chi connectivity index (χ1v) is 12.1. The SMILES string of the molecule is COc1cccc(OC)c1CNC(=O)COc1ccc(S(=O)(=O)N2CCCCC2)cc1Cl. The van der Waals surface area contributed by atoms with Crippen molar-refractivity contribution in [2.45, 2.75) is 30.7 Å². The Kier molecular flexibility index (Phi) is 8.22. The molecule has 0 radical (unpaired) electrons. The van der Waals surface area contributed by atoms with Crippen LogP contribution in [0.5, 0.6) is 17.2 Å². The summed E-state index contributed by atoms with van der Waals surface area (Å²) in [5.74, 6) is 1.05. The van der Waals surface area contributed by atoms with Gasteiger partial charge in [0, 0.05) is 13.1 Å². The Labute approximate surface area is 193 Å². The maximum Gasteiger partial charge on any atom is 0.258 e. The lowest BCUT2D eigenvalue weighted by Gasteiger charge is -2.26. The zero-order chi connectivity index (χ0) is 23.1. The van der Waals surface area contributed by atoms with Crippen molar-refractivity contribution in [2.24, 2.45) is 0 Å². The third-order valence-corrected chi connectivity index (χ3v) is 7.40. The van der Waals surface area contributed by atoms with Crippen LogP contribution < -0.4 is 19.5 Å². The number of hydrogen-bond acceptors (Lipinski definition) is 6. The van der Waals surface area contributed by atoms with Crippen LogP contribution in [0.15, 0.2) is 41.3 Å². The van der Waals surface area contributed by atoms with Gasteiger partial charge in [-0.15, -0.1) is 0 Å². The van der Waals surface area contributed by atoms with E-state index in [4.69, 9.17) is 25.8 Å². The standard InChI is InChI=1S/C22H27ClN2O6S/c1-29-19-7-6-8-20(30-2)17(19)14-24-22(26)15-31-21-10-9-16(13-18(21)23)32(27,28)25-11-4-3-5-12-25/h6-10,13H,3-5,11-12,14-15H2,1-2H3,(H,24,26). The fraction of sp³-hybridized carbons (Fsp3) is 0.409. The highest BCUT2D eigenvalue weighted by atomic mass is 35.5. The van der Waals surface area contributed by atoms with Crippen molar-refractivity contribution in [3.63, 3.8) is 0 Å². The number of amides is 1. The van der Waals surface area contributed by atoms with Gasteiger partial charge in [0.25, 0.3) is 5.91 Å². The largest absolute Gasteiger partial charge is 0.496 e. The Balaban J connectivity index is 1.60. The highest BCUT2D eigenvalue weighted by molar-refractivity contribution is 7.89. The molecule has 2 aromatic carbocycles. The van der Waals surface area contributed by atoms with Crippen molar-refractivity contribution in [2.75, 3.05) is 33.9 Å². The van der Waals surface area contributed by atoms with Gasteiger partial charge >= 0.3 is 0 Å². The van der Waals surface area contributed by atoms with Crippen LogP contribution in [0.1, 0.15) is 24.8 Å². The molecule has 0 saturated carbocycles. The van der Waals surface area contributed by atoms with Gasteiger partial charge in [0.15, 0.2) is 6.61 Å². The number of nitrogens with one attached hydrogen (secondary N) is 1. The van der Waals surface area contributed by atoms with E-state index in [1.165, 1.54) is 22.5 Å². The van der Waals surface area contributed by atoms with E-state index >= 15 is 0 Å². The molecule has 8 nitrogen and oxygen atoms in total. The Bertz CT molecular complexity index is 1030. The number of benzene rings is 2. The van der Waals surface area contributed by atoms with Crippen LogP contribution in [0.25, 0.3) is 0 Å². The topological polar surface area (TPSA) is 94.2 Å². The molecule has 32 heavy (non-hydrogen) atoms. The predicted octanol–water partition coefficient (Wildman–Crippen LogP) is 3.23. The molecule has 1 fully saturated rings. The highest BCUT2D eigenvalue weighted by Crippen LogP contribution is 2.30. The van der Waals surface area contributed by atoms with Gasteiger partial charge in [-0.3, -0.25) is 4.79 Å². The minimum Gasteiger partial charge on any atom is -0.496 e. The fourth-order valence-electron chi connectivity index (χ4n) is 3.50. The number of nitrogens with zero attached hydrogens (tertiary/aromatic N) is 1. The second kappa shape index (κ2) is 10.9. The number of rotatable bonds is 9. The van der Waals surface area contributed by atoms with E-state index in [0.29, 0.717) is 30.2 Å². The normalized spacial score (nSPS) is 14.6. The summed E-state index contributed by atoms with van der Waals surface area (Å²) in [5.41, 5.74) is 0.705. The van der Waals surface area contributed by atoms with E-state index < -0.39 is 10.0 Å². The average Bonchev–Trinajstić information content (AvgIpc) is 2.82. The quantitative estimate of drug-likeness (QED) is 0.589. The molecular weight excluding hydrogens is 456 g/mol. The number of piperidine rings is 1. The smallest absolute Gasteiger partial charge is 0.258 e. The Morgan fingerprint density at radius 3 is 2.28 bits per heavy atom. The zero-order valence-corrected chi connectivity index (χ0v) is 19.7. The molecule has 1 N–H and O–H groups in total. The van der Waals surface area contributed by atoms with E-state index in [2.05, 4.69) is 5.32 Å². The van der Waals surface area contributed by atoms with Crippen LogP contribution in [0.3, 0.4) is 0 Å². The summed E-state index contributed by atoms with van der Waals surface area (Å²) in [6.45, 7) is 0.927. The molecule has 10 heteroatoms. The van der Waals surface area contributed by atoms with Crippen LogP contribution in [0, 0.1) is 0 Å². The second-order valence-corrected chi connectivity index (χ2v) is 9.61. The first kappa shape index (κ1) is 24.2. The van der Waals surface area contributed by atoms with Crippen LogP contribution in [0.4, 0.5) is 0 Å². The summed E-state index contributed by atoms with van der Waals surface area (Å²) < 4.78 is 43.2. The van der Waals surface area contributed by atoms with Gasteiger partial charge in [0.1, 0.15) is 17.2 Å². The number of ether oxygens (including phenoxy) is 3. The van der Waals surface area contributed by atoms with Crippen molar-refractivity contribution in [1.82, 2.24) is 9.62 Å². The number of carbonyl (C=O) groups excluding carboxylic acids is 1. The van der Waals surface area contributed by atoms with Crippen LogP contribution in [0.2, 0.25) is 5.02 Å². The van der Waals surface area contributed by atoms with Crippen molar-refractivity contribution >= 4 is 27.5 Å². The van der Waals surface area contributed by atoms with E-state index in [9.17, 15) is 13.2 Å². The molecule has 1 aliphatic heterocycles. The van der Waals surface area contributed by atoms with Crippen LogP contribution in [-0.2, 0) is 21.4 Å². The molecule has 0 spiro atoms. The molecule has 0 aromatic heterocycles. The molecule has 3 rings (SSSR count). The van der Waals surface area contributed by atoms with Gasteiger partial charge in [-0.25, -0.2) is 8.42 Å². The average molecular weight is 483 g/mol. The summed E-state index contributed by atoms with van der Waals surface area (Å²) in [4.78, 5) is 12.4. The Morgan fingerprint density at radius 2 is 1.69 bits per heavy atom. The number of methoxy groups -OCH3 is 2. The molecule has 0 atom stereocenters. The molecule has 2 aromatic rings. The summed E-state index contributed by atoms with van der Waals surface area (Å²) in [5, 5.41) is 2.87. The number of sulfonamides is 1. The molecule has 174 valence electrons. The third-order valence-electron chi connectivity index (χ3n) is 5.21. The molecule has 1 heterocycles. The Morgan fingerprint density at radius 1 is 1.03 bits per heavy atom. The number of halogens is 1. The molecule has 1 amide bonds. The van der Waals surface area contributed by atoms with Crippen molar-refractivity contribution in [3.05, 3.63) is 47.0 Å². The number of carbonyl (C=O) groups is 1. The van der Waals surface area contributed by atoms with Crippen molar-refractivity contribution in [1.29, 1.82) is 0 Å². The van der Waals surface area contributed by atoms with Gasteiger partial charge in [-0.1, -0.05) is 24.1 Å². The molecule has 1 aliphatic rings. The summed E-state index contributed by atoms with van der Waals surface area (Å²) in [6.07, 6.45) is 2.74. The van der Waals surface area contributed by atoms with E-state index in [0.717, 1.165) is 19.3 Å². The minimum absolute atomic E-state index is 0.115. The van der Waals surface area contributed by atoms with E-state index in [1.54, 1.807) is 32.4 Å². The predicted molar refractivity (Wildman–Crippen MR) is 121 cm³/mol. The fourth-order valence-corrected chi connectivity index (χ4v) is 5.34. The maximum absolute atomic E-state index is 12.8. The number of hydrogen-bond donors (Lipinski definition) is 1. The monoisotopic (exact) mass is 482 g/mol. The molecular formula is C22H27ClN2O6S. The minimum atomic E-state index is -3.59. The lowest BCUT2D eigenvalue weighted by molar-refractivity contribution is -0.123. The van der Waals surface area contributed by atoms with E-state index in [1.807, 2.05) is 0 Å². The van der Waals surface area contributed by atoms with E-state index in [-0.39, 0.29) is 34.7 Å². The summed E-state index contributed by atoms with van der Waals surface area (Å²) >= 11 is 6.24. The van der Waals surface area contributed by atoms with Crippen molar-refractivity contribution < 1.29 is 27.4 Å². The van der Waals surface area contributed by atoms with Gasteiger partial charge in [0.05, 0.1) is 36.2 Å². The van der Waals surface area contributed by atoms with Crippen LogP contribution >= 0.6 is 11.6 Å². The lowest BCUT2D eigenvalue weighted by Crippen LogP contribution is -2.35. The first-order valence-electron chi connectivity index (χ1n) is 10.3. The lowest BCUT2D eigenvalue weighted by atomic mass is 10.1. The highest BCUT2D eigenvalue weighted by Gasteiger charge is 2.26. The maximum atomic E-state index is 12.8. The first-order chi connectivity index (χ1) is 15.4. The van der Waals surface area contributed by atoms with Crippen LogP contribution in [-0.4, -0.2) is 52.5 Å². The Hall–Kier alpha value is -2.49. The summed E-state index contributed by atoms with van der Waals surface area (Å²) in [6, 6.07) is 9.62. The molecule has 1 saturated heterocycles. The van der Waals surface area contributed by atoms with Gasteiger partial charge < -0.3 is 19.5 Å². The second-order valence-electron chi connectivity index (χ2n) is 7.26. The van der Waals surface area contributed by atoms with Gasteiger partial charge in [0.2, 0.25) is 10.0 Å². The molecule has 0 unspecified atom stereocenters. The van der Waals surface area contributed by atoms with Gasteiger partial charge in [-0.05, 0) is 43.2 Å². The van der Waals surface area contributed by atoms with Gasteiger partial charge in [-0.2, -0.15) is 4.31 Å². The van der Waals surface area contributed by atoms with Crippen molar-refractivity contribution in [3.8, 4) is 17.2 Å².